The lowest BCUT2D eigenvalue weighted by atomic mass is 10.0. The van der Waals surface area contributed by atoms with Crippen molar-refractivity contribution < 1.29 is 0 Å². The summed E-state index contributed by atoms with van der Waals surface area (Å²) in [7, 11) is 0. The lowest BCUT2D eigenvalue weighted by Gasteiger charge is -2.34. The van der Waals surface area contributed by atoms with Crippen LogP contribution in [0.5, 0.6) is 0 Å². The molecule has 1 aliphatic heterocycles. The first-order chi connectivity index (χ1) is 10.0. The van der Waals surface area contributed by atoms with Gasteiger partial charge in [0.25, 0.3) is 0 Å². The first kappa shape index (κ1) is 16.4. The summed E-state index contributed by atoms with van der Waals surface area (Å²) in [4.78, 5) is 12.3. The van der Waals surface area contributed by atoms with Crippen LogP contribution >= 0.6 is 0 Å². The van der Waals surface area contributed by atoms with E-state index in [-0.39, 0.29) is 0 Å². The maximum absolute atomic E-state index is 4.89. The van der Waals surface area contributed by atoms with E-state index >= 15 is 0 Å². The second-order valence-corrected chi connectivity index (χ2v) is 6.60. The van der Waals surface area contributed by atoms with Gasteiger partial charge in [-0.15, -0.1) is 0 Å². The van der Waals surface area contributed by atoms with E-state index in [9.17, 15) is 0 Å². The number of nitrogens with one attached hydrogen (secondary N) is 1. The van der Waals surface area contributed by atoms with Crippen LogP contribution in [-0.4, -0.2) is 41.0 Å². The number of piperazine rings is 1. The summed E-state index contributed by atoms with van der Waals surface area (Å²) >= 11 is 0. The molecular formula is C17H30N4. The van der Waals surface area contributed by atoms with E-state index < -0.39 is 0 Å². The molecule has 2 rings (SSSR count). The Balaban J connectivity index is 2.34. The first-order valence-electron chi connectivity index (χ1n) is 8.36. The molecule has 0 aliphatic carbocycles. The van der Waals surface area contributed by atoms with Crippen molar-refractivity contribution in [2.75, 3.05) is 26.2 Å². The Bertz CT molecular complexity index is 424. The quantitative estimate of drug-likeness (QED) is 0.905. The van der Waals surface area contributed by atoms with Gasteiger partial charge < -0.3 is 5.32 Å². The van der Waals surface area contributed by atoms with Crippen molar-refractivity contribution in [3.8, 4) is 0 Å². The first-order valence-corrected chi connectivity index (χ1v) is 8.36. The number of rotatable bonds is 5. The number of hydrogen-bond donors (Lipinski definition) is 1. The molecule has 0 amide bonds. The van der Waals surface area contributed by atoms with Gasteiger partial charge in [-0.3, -0.25) is 4.90 Å². The van der Waals surface area contributed by atoms with E-state index in [0.717, 1.165) is 38.4 Å². The smallest absolute Gasteiger partial charge is 0.145 e. The molecule has 4 heteroatoms. The highest BCUT2D eigenvalue weighted by atomic mass is 15.2. The van der Waals surface area contributed by atoms with Crippen LogP contribution in [-0.2, 0) is 0 Å². The summed E-state index contributed by atoms with van der Waals surface area (Å²) in [5.74, 6) is 1.92. The molecule has 1 aliphatic rings. The second kappa shape index (κ2) is 7.32. The summed E-state index contributed by atoms with van der Waals surface area (Å²) in [6, 6.07) is 2.53. The van der Waals surface area contributed by atoms with Gasteiger partial charge in [0.05, 0.1) is 6.04 Å². The van der Waals surface area contributed by atoms with Crippen LogP contribution < -0.4 is 5.32 Å². The monoisotopic (exact) mass is 290 g/mol. The maximum Gasteiger partial charge on any atom is 0.145 e. The third-order valence-electron chi connectivity index (χ3n) is 4.24. The average molecular weight is 290 g/mol. The van der Waals surface area contributed by atoms with Gasteiger partial charge in [0.2, 0.25) is 0 Å². The molecule has 1 aromatic heterocycles. The topological polar surface area (TPSA) is 41.1 Å². The van der Waals surface area contributed by atoms with Crippen molar-refractivity contribution in [3.63, 3.8) is 0 Å². The highest BCUT2D eigenvalue weighted by Crippen LogP contribution is 2.25. The molecule has 1 atom stereocenters. The van der Waals surface area contributed by atoms with E-state index in [4.69, 9.17) is 9.97 Å². The van der Waals surface area contributed by atoms with Crippen molar-refractivity contribution in [3.05, 3.63) is 23.3 Å². The fourth-order valence-electron chi connectivity index (χ4n) is 2.84. The SMILES string of the molecule is CCC(c1nc(C(C)C)cc(C(C)C)n1)N1CCNCC1. The molecule has 21 heavy (non-hydrogen) atoms. The predicted molar refractivity (Wildman–Crippen MR) is 87.7 cm³/mol. The number of aromatic nitrogens is 2. The fraction of sp³-hybridized carbons (Fsp3) is 0.765. The molecule has 1 saturated heterocycles. The second-order valence-electron chi connectivity index (χ2n) is 6.60. The van der Waals surface area contributed by atoms with Crippen molar-refractivity contribution in [1.29, 1.82) is 0 Å². The summed E-state index contributed by atoms with van der Waals surface area (Å²) < 4.78 is 0. The van der Waals surface area contributed by atoms with Crippen LogP contribution in [0.1, 0.15) is 76.1 Å². The molecule has 4 nitrogen and oxygen atoms in total. The van der Waals surface area contributed by atoms with Crippen LogP contribution in [0.3, 0.4) is 0 Å². The van der Waals surface area contributed by atoms with Crippen LogP contribution in [0.15, 0.2) is 6.07 Å². The van der Waals surface area contributed by atoms with Gasteiger partial charge in [0.15, 0.2) is 0 Å². The highest BCUT2D eigenvalue weighted by molar-refractivity contribution is 5.18. The van der Waals surface area contributed by atoms with E-state index in [1.54, 1.807) is 0 Å². The Morgan fingerprint density at radius 3 is 2.00 bits per heavy atom. The summed E-state index contributed by atoms with van der Waals surface area (Å²) in [6.45, 7) is 15.4. The van der Waals surface area contributed by atoms with Gasteiger partial charge in [0, 0.05) is 37.6 Å². The Kier molecular flexibility index (Phi) is 5.71. The Hall–Kier alpha value is -1.00. The van der Waals surface area contributed by atoms with E-state index in [0.29, 0.717) is 17.9 Å². The van der Waals surface area contributed by atoms with Gasteiger partial charge in [-0.1, -0.05) is 34.6 Å². The van der Waals surface area contributed by atoms with Crippen molar-refractivity contribution in [1.82, 2.24) is 20.2 Å². The lowest BCUT2D eigenvalue weighted by molar-refractivity contribution is 0.162. The lowest BCUT2D eigenvalue weighted by Crippen LogP contribution is -2.45. The average Bonchev–Trinajstić information content (AvgIpc) is 2.48. The third kappa shape index (κ3) is 4.01. The summed E-state index contributed by atoms with van der Waals surface area (Å²) in [5.41, 5.74) is 2.36. The van der Waals surface area contributed by atoms with Gasteiger partial charge in [-0.2, -0.15) is 0 Å². The molecule has 0 bridgehead atoms. The zero-order valence-electron chi connectivity index (χ0n) is 14.2. The zero-order chi connectivity index (χ0) is 15.4. The molecule has 2 heterocycles. The van der Waals surface area contributed by atoms with E-state index in [1.807, 2.05) is 0 Å². The molecule has 1 N–H and O–H groups in total. The standard InChI is InChI=1S/C17H30N4/c1-6-16(21-9-7-18-8-10-21)17-19-14(12(2)3)11-15(20-17)13(4)5/h11-13,16,18H,6-10H2,1-5H3. The van der Waals surface area contributed by atoms with Crippen LogP contribution in [0, 0.1) is 0 Å². The van der Waals surface area contributed by atoms with Crippen LogP contribution in [0.25, 0.3) is 0 Å². The number of nitrogens with zero attached hydrogens (tertiary/aromatic N) is 3. The Labute approximate surface area is 129 Å². The maximum atomic E-state index is 4.89. The zero-order valence-corrected chi connectivity index (χ0v) is 14.2. The van der Waals surface area contributed by atoms with Crippen LogP contribution in [0.2, 0.25) is 0 Å². The van der Waals surface area contributed by atoms with Gasteiger partial charge in [0.1, 0.15) is 5.82 Å². The van der Waals surface area contributed by atoms with Crippen molar-refractivity contribution in [2.24, 2.45) is 0 Å². The van der Waals surface area contributed by atoms with Crippen molar-refractivity contribution >= 4 is 0 Å². The molecule has 1 aromatic rings. The Morgan fingerprint density at radius 1 is 1.05 bits per heavy atom. The minimum atomic E-state index is 0.350. The molecule has 0 saturated carbocycles. The van der Waals surface area contributed by atoms with E-state index in [2.05, 4.69) is 50.9 Å². The van der Waals surface area contributed by atoms with Gasteiger partial charge >= 0.3 is 0 Å². The molecule has 0 spiro atoms. The Morgan fingerprint density at radius 2 is 1.57 bits per heavy atom. The van der Waals surface area contributed by atoms with Crippen molar-refractivity contribution in [2.45, 2.75) is 58.9 Å². The summed E-state index contributed by atoms with van der Waals surface area (Å²) in [5, 5.41) is 3.42. The molecule has 0 aromatic carbocycles. The van der Waals surface area contributed by atoms with Gasteiger partial charge in [-0.25, -0.2) is 9.97 Å². The molecular weight excluding hydrogens is 260 g/mol. The van der Waals surface area contributed by atoms with Gasteiger partial charge in [-0.05, 0) is 24.3 Å². The minimum absolute atomic E-state index is 0.350. The van der Waals surface area contributed by atoms with E-state index in [1.165, 1.54) is 11.4 Å². The highest BCUT2D eigenvalue weighted by Gasteiger charge is 2.24. The molecule has 118 valence electrons. The third-order valence-corrected chi connectivity index (χ3v) is 4.24. The van der Waals surface area contributed by atoms with Crippen LogP contribution in [0.4, 0.5) is 0 Å². The molecule has 1 unspecified atom stereocenters. The normalized spacial score (nSPS) is 18.4. The largest absolute Gasteiger partial charge is 0.314 e. The molecule has 1 fully saturated rings. The fourth-order valence-corrected chi connectivity index (χ4v) is 2.84. The number of hydrogen-bond acceptors (Lipinski definition) is 4. The predicted octanol–water partition coefficient (Wildman–Crippen LogP) is 3.08. The summed E-state index contributed by atoms with van der Waals surface area (Å²) in [6.07, 6.45) is 1.07. The minimum Gasteiger partial charge on any atom is -0.314 e. The molecule has 0 radical (unpaired) electrons.